The van der Waals surface area contributed by atoms with Gasteiger partial charge >= 0.3 is 11.9 Å². The number of aromatic amines is 1. The van der Waals surface area contributed by atoms with E-state index in [-0.39, 0.29) is 5.56 Å². The summed E-state index contributed by atoms with van der Waals surface area (Å²) in [7, 11) is 1.30. The summed E-state index contributed by atoms with van der Waals surface area (Å²) >= 11 is 0. The molecule has 112 valence electrons. The number of carbonyl (C=O) groups excluding carboxylic acids is 1. The van der Waals surface area contributed by atoms with E-state index in [4.69, 9.17) is 9.84 Å². The van der Waals surface area contributed by atoms with E-state index < -0.39 is 18.0 Å². The molecule has 0 spiro atoms. The Hall–Kier alpha value is -2.86. The minimum absolute atomic E-state index is 0.276. The maximum absolute atomic E-state index is 11.8. The largest absolute Gasteiger partial charge is 0.479 e. The zero-order chi connectivity index (χ0) is 15.9. The van der Waals surface area contributed by atoms with Crippen molar-refractivity contribution in [1.82, 2.24) is 4.98 Å². The number of aliphatic hydroxyl groups excluding tert-OH is 1. The highest BCUT2D eigenvalue weighted by atomic mass is 16.5. The number of carboxylic acid groups (broad SMARTS) is 1. The second kappa shape index (κ2) is 5.16. The van der Waals surface area contributed by atoms with Crippen molar-refractivity contribution in [3.8, 4) is 0 Å². The quantitative estimate of drug-likeness (QED) is 0.644. The Balaban J connectivity index is 2.39. The summed E-state index contributed by atoms with van der Waals surface area (Å²) in [6, 6.07) is 10.0. The first-order valence-corrected chi connectivity index (χ1v) is 6.57. The molecule has 0 radical (unpaired) electrons. The molecule has 1 atom stereocenters. The van der Waals surface area contributed by atoms with Crippen molar-refractivity contribution in [3.05, 3.63) is 47.5 Å². The molecule has 0 saturated carbocycles. The lowest BCUT2D eigenvalue weighted by molar-refractivity contribution is -0.146. The third kappa shape index (κ3) is 2.01. The highest BCUT2D eigenvalue weighted by molar-refractivity contribution is 6.15. The fraction of sp³-hybridized carbons (Fsp3) is 0.125. The zero-order valence-corrected chi connectivity index (χ0v) is 11.7. The van der Waals surface area contributed by atoms with Gasteiger partial charge in [0.05, 0.1) is 18.2 Å². The average Bonchev–Trinajstić information content (AvgIpc) is 2.91. The van der Waals surface area contributed by atoms with Crippen molar-refractivity contribution in [1.29, 1.82) is 0 Å². The molecule has 0 saturated heterocycles. The number of nitrogens with one attached hydrogen (secondary N) is 1. The van der Waals surface area contributed by atoms with Gasteiger partial charge in [0.2, 0.25) is 0 Å². The first-order chi connectivity index (χ1) is 10.5. The van der Waals surface area contributed by atoms with Crippen molar-refractivity contribution in [3.63, 3.8) is 0 Å². The molecular formula is C16H13NO5. The van der Waals surface area contributed by atoms with Crippen molar-refractivity contribution in [2.75, 3.05) is 7.11 Å². The molecule has 0 aliphatic carbocycles. The number of aromatic nitrogens is 1. The normalized spacial score (nSPS) is 12.5. The van der Waals surface area contributed by atoms with Crippen molar-refractivity contribution < 1.29 is 24.5 Å². The standard InChI is InChI=1S/C16H13NO5/c1-22-16(21)10-6-2-4-8-12-9(14(18)15(19)20)5-3-7-11(12)17-13(8)10/h2-7,14,17-18H,1H3,(H,19,20). The molecule has 1 heterocycles. The van der Waals surface area contributed by atoms with Crippen LogP contribution >= 0.6 is 0 Å². The lowest BCUT2D eigenvalue weighted by Gasteiger charge is -2.07. The van der Waals surface area contributed by atoms with Crippen LogP contribution in [-0.4, -0.2) is 34.2 Å². The number of rotatable bonds is 3. The number of esters is 1. The van der Waals surface area contributed by atoms with E-state index in [0.29, 0.717) is 27.4 Å². The van der Waals surface area contributed by atoms with Gasteiger partial charge in [-0.1, -0.05) is 24.3 Å². The maximum Gasteiger partial charge on any atom is 0.339 e. The van der Waals surface area contributed by atoms with Gasteiger partial charge < -0.3 is 19.9 Å². The topological polar surface area (TPSA) is 99.6 Å². The first-order valence-electron chi connectivity index (χ1n) is 6.57. The predicted octanol–water partition coefficient (Wildman–Crippen LogP) is 2.23. The zero-order valence-electron chi connectivity index (χ0n) is 11.7. The molecule has 22 heavy (non-hydrogen) atoms. The molecule has 0 aliphatic heterocycles. The van der Waals surface area contributed by atoms with E-state index in [1.165, 1.54) is 7.11 Å². The van der Waals surface area contributed by atoms with Gasteiger partial charge in [-0.2, -0.15) is 0 Å². The van der Waals surface area contributed by atoms with E-state index in [1.54, 1.807) is 36.4 Å². The van der Waals surface area contributed by atoms with Gasteiger partial charge in [0.15, 0.2) is 6.10 Å². The molecule has 2 aromatic carbocycles. The molecule has 3 aromatic rings. The molecule has 6 nitrogen and oxygen atoms in total. The van der Waals surface area contributed by atoms with Crippen molar-refractivity contribution >= 4 is 33.7 Å². The monoisotopic (exact) mass is 299 g/mol. The van der Waals surface area contributed by atoms with E-state index in [0.717, 1.165) is 0 Å². The van der Waals surface area contributed by atoms with E-state index >= 15 is 0 Å². The fourth-order valence-corrected chi connectivity index (χ4v) is 2.65. The minimum Gasteiger partial charge on any atom is -0.479 e. The molecule has 0 amide bonds. The number of carboxylic acids is 1. The number of aliphatic hydroxyl groups is 1. The lowest BCUT2D eigenvalue weighted by Crippen LogP contribution is -2.10. The maximum atomic E-state index is 11.8. The number of fused-ring (bicyclic) bond motifs is 3. The van der Waals surface area contributed by atoms with E-state index in [2.05, 4.69) is 4.98 Å². The van der Waals surface area contributed by atoms with E-state index in [9.17, 15) is 14.7 Å². The SMILES string of the molecule is COC(=O)c1cccc2c1[nH]c1cccc(C(O)C(=O)O)c12. The van der Waals surface area contributed by atoms with Gasteiger partial charge in [0.25, 0.3) is 0 Å². The number of carbonyl (C=O) groups is 2. The summed E-state index contributed by atoms with van der Waals surface area (Å²) in [6.45, 7) is 0. The Labute approximate surface area is 124 Å². The second-order valence-corrected chi connectivity index (χ2v) is 4.86. The van der Waals surface area contributed by atoms with Gasteiger partial charge in [-0.25, -0.2) is 9.59 Å². The van der Waals surface area contributed by atoms with Crippen LogP contribution in [0.1, 0.15) is 22.0 Å². The molecule has 3 N–H and O–H groups in total. The second-order valence-electron chi connectivity index (χ2n) is 4.86. The number of aliphatic carboxylic acids is 1. The van der Waals surface area contributed by atoms with Crippen LogP contribution < -0.4 is 0 Å². The van der Waals surface area contributed by atoms with Crippen molar-refractivity contribution in [2.45, 2.75) is 6.10 Å². The number of benzene rings is 2. The summed E-state index contributed by atoms with van der Waals surface area (Å²) in [5.41, 5.74) is 1.82. The third-order valence-electron chi connectivity index (χ3n) is 3.62. The van der Waals surface area contributed by atoms with Crippen molar-refractivity contribution in [2.24, 2.45) is 0 Å². The van der Waals surface area contributed by atoms with Gasteiger partial charge in [-0.05, 0) is 12.1 Å². The van der Waals surface area contributed by atoms with Gasteiger partial charge in [-0.3, -0.25) is 0 Å². The highest BCUT2D eigenvalue weighted by Crippen LogP contribution is 2.33. The highest BCUT2D eigenvalue weighted by Gasteiger charge is 2.22. The average molecular weight is 299 g/mol. The first kappa shape index (κ1) is 14.1. The summed E-state index contributed by atoms with van der Waals surface area (Å²) in [6.07, 6.45) is -1.63. The lowest BCUT2D eigenvalue weighted by atomic mass is 10.0. The van der Waals surface area contributed by atoms with Gasteiger partial charge in [0.1, 0.15) is 0 Å². The van der Waals surface area contributed by atoms with E-state index in [1.807, 2.05) is 0 Å². The Morgan fingerprint density at radius 3 is 2.59 bits per heavy atom. The smallest absolute Gasteiger partial charge is 0.339 e. The van der Waals surface area contributed by atoms with Crippen LogP contribution in [0.2, 0.25) is 0 Å². The minimum atomic E-state index is -1.63. The van der Waals surface area contributed by atoms with Crippen LogP contribution in [0.5, 0.6) is 0 Å². The number of hydrogen-bond donors (Lipinski definition) is 3. The molecule has 1 aromatic heterocycles. The summed E-state index contributed by atoms with van der Waals surface area (Å²) in [4.78, 5) is 26.0. The summed E-state index contributed by atoms with van der Waals surface area (Å²) < 4.78 is 4.75. The molecule has 0 fully saturated rings. The van der Waals surface area contributed by atoms with Crippen LogP contribution in [0.4, 0.5) is 0 Å². The van der Waals surface area contributed by atoms with Crippen LogP contribution in [-0.2, 0) is 9.53 Å². The number of H-pyrrole nitrogens is 1. The van der Waals surface area contributed by atoms with Crippen LogP contribution in [0.3, 0.4) is 0 Å². The Morgan fingerprint density at radius 1 is 1.18 bits per heavy atom. The van der Waals surface area contributed by atoms with Gasteiger partial charge in [-0.15, -0.1) is 0 Å². The number of ether oxygens (including phenoxy) is 1. The number of methoxy groups -OCH3 is 1. The molecule has 6 heteroatoms. The fourth-order valence-electron chi connectivity index (χ4n) is 2.65. The molecule has 0 bridgehead atoms. The Morgan fingerprint density at radius 2 is 1.91 bits per heavy atom. The third-order valence-corrected chi connectivity index (χ3v) is 3.62. The number of hydrogen-bond acceptors (Lipinski definition) is 4. The molecule has 0 aliphatic rings. The van der Waals surface area contributed by atoms with Crippen LogP contribution in [0, 0.1) is 0 Å². The Kier molecular flexibility index (Phi) is 3.30. The predicted molar refractivity (Wildman–Crippen MR) is 79.7 cm³/mol. The Bertz CT molecular complexity index is 896. The summed E-state index contributed by atoms with van der Waals surface area (Å²) in [5.74, 6) is -1.82. The molecular weight excluding hydrogens is 286 g/mol. The van der Waals surface area contributed by atoms with Crippen LogP contribution in [0.25, 0.3) is 21.8 Å². The molecule has 3 rings (SSSR count). The number of para-hydroxylation sites is 1. The summed E-state index contributed by atoms with van der Waals surface area (Å²) in [5, 5.41) is 20.2. The van der Waals surface area contributed by atoms with Gasteiger partial charge in [0, 0.05) is 21.9 Å². The molecule has 1 unspecified atom stereocenters. The van der Waals surface area contributed by atoms with Crippen LogP contribution in [0.15, 0.2) is 36.4 Å².